The molecule has 0 aromatic rings. The number of thiocyanates is 4. The van der Waals surface area contributed by atoms with Crippen LogP contribution in [-0.2, 0) is 0 Å². The molecule has 0 saturated carbocycles. The Hall–Kier alpha value is -0.900. The van der Waals surface area contributed by atoms with Gasteiger partial charge in [-0.1, -0.05) is 0 Å². The molecular formula is C10H8N4S4. The van der Waals surface area contributed by atoms with Gasteiger partial charge in [0.05, 0.1) is 0 Å². The topological polar surface area (TPSA) is 95.2 Å². The van der Waals surface area contributed by atoms with Gasteiger partial charge in [0.2, 0.25) is 0 Å². The molecule has 8 heteroatoms. The Morgan fingerprint density at radius 1 is 0.556 bits per heavy atom. The Morgan fingerprint density at radius 3 is 0.944 bits per heavy atom. The highest BCUT2D eigenvalue weighted by molar-refractivity contribution is 8.05. The van der Waals surface area contributed by atoms with Crippen molar-refractivity contribution in [2.75, 3.05) is 23.0 Å². The molecule has 18 heavy (non-hydrogen) atoms. The molecule has 0 bridgehead atoms. The maximum absolute atomic E-state index is 8.58. The fourth-order valence-corrected chi connectivity index (χ4v) is 3.41. The molecule has 0 rings (SSSR count). The summed E-state index contributed by atoms with van der Waals surface area (Å²) in [6.45, 7) is 0. The summed E-state index contributed by atoms with van der Waals surface area (Å²) in [6.07, 6.45) is 0. The van der Waals surface area contributed by atoms with Crippen LogP contribution in [0, 0.1) is 42.7 Å². The quantitative estimate of drug-likeness (QED) is 0.498. The van der Waals surface area contributed by atoms with Crippen LogP contribution in [0.15, 0.2) is 11.1 Å². The van der Waals surface area contributed by atoms with Crippen LogP contribution in [0.25, 0.3) is 0 Å². The van der Waals surface area contributed by atoms with Gasteiger partial charge in [-0.15, -0.1) is 0 Å². The Morgan fingerprint density at radius 2 is 0.778 bits per heavy atom. The number of hydrogen-bond donors (Lipinski definition) is 0. The summed E-state index contributed by atoms with van der Waals surface area (Å²) >= 11 is 4.41. The Bertz CT molecular complexity index is 364. The van der Waals surface area contributed by atoms with Crippen molar-refractivity contribution in [3.05, 3.63) is 11.1 Å². The third-order valence-corrected chi connectivity index (χ3v) is 4.23. The Kier molecular flexibility index (Phi) is 11.9. The average Bonchev–Trinajstić information content (AvgIpc) is 2.40. The maximum atomic E-state index is 8.58. The van der Waals surface area contributed by atoms with E-state index in [1.807, 2.05) is 21.6 Å². The van der Waals surface area contributed by atoms with E-state index in [1.165, 1.54) is 0 Å². The molecule has 0 aliphatic heterocycles. The van der Waals surface area contributed by atoms with Crippen LogP contribution < -0.4 is 0 Å². The van der Waals surface area contributed by atoms with Gasteiger partial charge in [0, 0.05) is 23.0 Å². The summed E-state index contributed by atoms with van der Waals surface area (Å²) in [4.78, 5) is 0. The van der Waals surface area contributed by atoms with Crippen LogP contribution in [0.1, 0.15) is 0 Å². The summed E-state index contributed by atoms with van der Waals surface area (Å²) in [7, 11) is 0. The molecule has 0 aromatic heterocycles. The first-order chi connectivity index (χ1) is 8.79. The number of nitriles is 4. The van der Waals surface area contributed by atoms with E-state index in [1.54, 1.807) is 0 Å². The van der Waals surface area contributed by atoms with Gasteiger partial charge < -0.3 is 0 Å². The van der Waals surface area contributed by atoms with Crippen molar-refractivity contribution in [2.24, 2.45) is 0 Å². The molecule has 0 unspecified atom stereocenters. The lowest BCUT2D eigenvalue weighted by atomic mass is 10.2. The van der Waals surface area contributed by atoms with Crippen molar-refractivity contribution in [1.82, 2.24) is 0 Å². The second-order valence-corrected chi connectivity index (χ2v) is 5.77. The second kappa shape index (κ2) is 12.6. The molecule has 0 spiro atoms. The Balaban J connectivity index is 4.86. The van der Waals surface area contributed by atoms with Crippen molar-refractivity contribution in [3.63, 3.8) is 0 Å². The Labute approximate surface area is 123 Å². The first-order valence-corrected chi connectivity index (χ1v) is 8.47. The van der Waals surface area contributed by atoms with Crippen LogP contribution in [0.2, 0.25) is 0 Å². The lowest BCUT2D eigenvalue weighted by Crippen LogP contribution is -2.03. The predicted molar refractivity (Wildman–Crippen MR) is 79.3 cm³/mol. The highest BCUT2D eigenvalue weighted by Gasteiger charge is 2.09. The predicted octanol–water partition coefficient (Wildman–Crippen LogP) is 3.14. The van der Waals surface area contributed by atoms with Gasteiger partial charge in [-0.25, -0.2) is 0 Å². The number of rotatable bonds is 8. The average molecular weight is 312 g/mol. The van der Waals surface area contributed by atoms with Gasteiger partial charge >= 0.3 is 0 Å². The molecule has 0 saturated heterocycles. The van der Waals surface area contributed by atoms with E-state index < -0.39 is 0 Å². The number of nitrogens with zero attached hydrogens (tertiary/aromatic N) is 4. The summed E-state index contributed by atoms with van der Waals surface area (Å²) in [5.41, 5.74) is 1.94. The van der Waals surface area contributed by atoms with Crippen molar-refractivity contribution in [3.8, 4) is 21.6 Å². The van der Waals surface area contributed by atoms with Crippen LogP contribution in [-0.4, -0.2) is 23.0 Å². The standard InChI is InChI=1S/C10H8N4S4/c11-5-15-1-9(2-16-6-12)10(3-17-7-13)4-18-8-14/h1-4H2. The van der Waals surface area contributed by atoms with Crippen LogP contribution in [0.3, 0.4) is 0 Å². The monoisotopic (exact) mass is 312 g/mol. The largest absolute Gasteiger partial charge is 0.185 e. The molecule has 0 aromatic carbocycles. The normalized spacial score (nSPS) is 8.44. The van der Waals surface area contributed by atoms with Gasteiger partial charge in [-0.3, -0.25) is 0 Å². The number of thioether (sulfide) groups is 4. The zero-order valence-electron chi connectivity index (χ0n) is 9.25. The third-order valence-electron chi connectivity index (χ3n) is 1.74. The second-order valence-electron chi connectivity index (χ2n) is 2.73. The zero-order valence-corrected chi connectivity index (χ0v) is 12.5. The molecule has 4 nitrogen and oxygen atoms in total. The van der Waals surface area contributed by atoms with Crippen molar-refractivity contribution < 1.29 is 0 Å². The first-order valence-electron chi connectivity index (χ1n) is 4.53. The smallest absolute Gasteiger partial charge is 0.133 e. The summed E-state index contributed by atoms with van der Waals surface area (Å²) in [6, 6.07) is 0. The highest BCUT2D eigenvalue weighted by Crippen LogP contribution is 2.22. The van der Waals surface area contributed by atoms with E-state index in [-0.39, 0.29) is 0 Å². The zero-order chi connectivity index (χ0) is 13.6. The van der Waals surface area contributed by atoms with Crippen molar-refractivity contribution >= 4 is 47.0 Å². The third kappa shape index (κ3) is 8.23. The molecule has 0 fully saturated rings. The fourth-order valence-electron chi connectivity index (χ4n) is 0.969. The fraction of sp³-hybridized carbons (Fsp3) is 0.400. The molecule has 0 N–H and O–H groups in total. The summed E-state index contributed by atoms with van der Waals surface area (Å²) in [5.74, 6) is 2.05. The summed E-state index contributed by atoms with van der Waals surface area (Å²) in [5, 5.41) is 42.3. The highest BCUT2D eigenvalue weighted by atomic mass is 32.2. The van der Waals surface area contributed by atoms with Gasteiger partial charge in [0.15, 0.2) is 0 Å². The van der Waals surface area contributed by atoms with Crippen LogP contribution in [0.4, 0.5) is 0 Å². The van der Waals surface area contributed by atoms with Crippen molar-refractivity contribution in [2.45, 2.75) is 0 Å². The molecule has 0 amide bonds. The van der Waals surface area contributed by atoms with Crippen LogP contribution in [0.5, 0.6) is 0 Å². The lowest BCUT2D eigenvalue weighted by molar-refractivity contribution is 1.28. The van der Waals surface area contributed by atoms with Gasteiger partial charge in [0.25, 0.3) is 0 Å². The molecule has 0 aliphatic rings. The molecule has 0 aliphatic carbocycles. The van der Waals surface area contributed by atoms with E-state index >= 15 is 0 Å². The minimum atomic E-state index is 0.512. The van der Waals surface area contributed by atoms with E-state index in [0.29, 0.717) is 23.0 Å². The van der Waals surface area contributed by atoms with Gasteiger partial charge in [-0.05, 0) is 58.2 Å². The molecular weight excluding hydrogens is 304 g/mol. The van der Waals surface area contributed by atoms with E-state index in [2.05, 4.69) is 0 Å². The van der Waals surface area contributed by atoms with Gasteiger partial charge in [-0.2, -0.15) is 21.0 Å². The molecule has 0 heterocycles. The molecule has 92 valence electrons. The van der Waals surface area contributed by atoms with Crippen molar-refractivity contribution in [1.29, 1.82) is 21.0 Å². The van der Waals surface area contributed by atoms with E-state index in [4.69, 9.17) is 21.0 Å². The minimum Gasteiger partial charge on any atom is -0.185 e. The summed E-state index contributed by atoms with van der Waals surface area (Å²) < 4.78 is 0. The first kappa shape index (κ1) is 17.1. The van der Waals surface area contributed by atoms with E-state index in [0.717, 1.165) is 58.2 Å². The van der Waals surface area contributed by atoms with Gasteiger partial charge in [0.1, 0.15) is 21.6 Å². The minimum absolute atomic E-state index is 0.512. The SMILES string of the molecule is N#CSCC(CSC#N)=C(CSC#N)CSC#N. The molecule has 0 radical (unpaired) electrons. The van der Waals surface area contributed by atoms with Crippen LogP contribution >= 0.6 is 47.0 Å². The van der Waals surface area contributed by atoms with E-state index in [9.17, 15) is 0 Å². The lowest BCUT2D eigenvalue weighted by Gasteiger charge is -2.10. The number of hydrogen-bond acceptors (Lipinski definition) is 8. The molecule has 0 atom stereocenters. The maximum Gasteiger partial charge on any atom is 0.133 e.